The van der Waals surface area contributed by atoms with E-state index in [1.165, 1.54) is 44.1 Å². The third-order valence-electron chi connectivity index (χ3n) is 4.69. The van der Waals surface area contributed by atoms with E-state index in [1.54, 1.807) is 17.4 Å². The molecule has 1 aromatic heterocycles. The summed E-state index contributed by atoms with van der Waals surface area (Å²) in [5.41, 5.74) is 4.13. The van der Waals surface area contributed by atoms with E-state index < -0.39 is 0 Å². The van der Waals surface area contributed by atoms with E-state index in [1.807, 2.05) is 23.7 Å². The van der Waals surface area contributed by atoms with Gasteiger partial charge in [-0.1, -0.05) is 31.9 Å². The second kappa shape index (κ2) is 7.63. The molecule has 2 N–H and O–H groups in total. The molecule has 1 aliphatic carbocycles. The average Bonchev–Trinajstić information content (AvgIpc) is 3.27. The number of aromatic nitrogens is 1. The van der Waals surface area contributed by atoms with Crippen molar-refractivity contribution in [1.29, 1.82) is 0 Å². The number of guanidine groups is 1. The van der Waals surface area contributed by atoms with Crippen molar-refractivity contribution in [3.63, 3.8) is 0 Å². The van der Waals surface area contributed by atoms with Crippen LogP contribution in [-0.4, -0.2) is 16.9 Å². The van der Waals surface area contributed by atoms with E-state index in [4.69, 9.17) is 0 Å². The lowest BCUT2D eigenvalue weighted by Crippen LogP contribution is -2.32. The molecule has 5 nitrogen and oxygen atoms in total. The van der Waals surface area contributed by atoms with Crippen LogP contribution in [0.4, 0.5) is 0 Å². The normalized spacial score (nSPS) is 19.6. The van der Waals surface area contributed by atoms with E-state index in [2.05, 4.69) is 26.6 Å². The van der Waals surface area contributed by atoms with Gasteiger partial charge in [-0.2, -0.15) is 0 Å². The zero-order chi connectivity index (χ0) is 17.9. The number of aliphatic imine (C=N–C) groups is 1. The number of carbonyl (C=O) groups excluding carboxylic acids is 1. The van der Waals surface area contributed by atoms with Crippen molar-refractivity contribution in [2.45, 2.75) is 32.1 Å². The summed E-state index contributed by atoms with van der Waals surface area (Å²) in [6, 6.07) is 5.93. The number of rotatable bonds is 4. The van der Waals surface area contributed by atoms with E-state index in [0.29, 0.717) is 17.6 Å². The van der Waals surface area contributed by atoms with Crippen LogP contribution >= 0.6 is 23.3 Å². The van der Waals surface area contributed by atoms with Crippen molar-refractivity contribution >= 4 is 51.4 Å². The second-order valence-corrected chi connectivity index (χ2v) is 8.35. The van der Waals surface area contributed by atoms with Crippen molar-refractivity contribution in [3.05, 3.63) is 46.5 Å². The van der Waals surface area contributed by atoms with Gasteiger partial charge in [-0.3, -0.25) is 14.8 Å². The van der Waals surface area contributed by atoms with E-state index in [9.17, 15) is 4.79 Å². The first kappa shape index (κ1) is 17.3. The predicted molar refractivity (Wildman–Crippen MR) is 110 cm³/mol. The fourth-order valence-corrected chi connectivity index (χ4v) is 4.71. The van der Waals surface area contributed by atoms with Crippen LogP contribution in [-0.2, 0) is 4.79 Å². The Hall–Kier alpha value is -2.12. The molecule has 26 heavy (non-hydrogen) atoms. The second-order valence-electron chi connectivity index (χ2n) is 6.53. The Kier molecular flexibility index (Phi) is 5.08. The van der Waals surface area contributed by atoms with Crippen molar-refractivity contribution < 1.29 is 4.79 Å². The quantitative estimate of drug-likeness (QED) is 0.603. The third-order valence-corrected chi connectivity index (χ3v) is 6.38. The molecule has 1 fully saturated rings. The molecule has 0 atom stereocenters. The lowest BCUT2D eigenvalue weighted by atomic mass is 9.89. The number of carbonyl (C=O) groups is 1. The summed E-state index contributed by atoms with van der Waals surface area (Å²) in [6.07, 6.45) is 8.09. The van der Waals surface area contributed by atoms with E-state index in [0.717, 1.165) is 20.7 Å². The fraction of sp³-hybridized carbons (Fsp3) is 0.316. The number of benzene rings is 1. The van der Waals surface area contributed by atoms with Gasteiger partial charge in [0.15, 0.2) is 0 Å². The highest BCUT2D eigenvalue weighted by atomic mass is 32.2. The van der Waals surface area contributed by atoms with Gasteiger partial charge >= 0.3 is 0 Å². The van der Waals surface area contributed by atoms with E-state index >= 15 is 0 Å². The fourth-order valence-electron chi connectivity index (χ4n) is 3.26. The van der Waals surface area contributed by atoms with Gasteiger partial charge < -0.3 is 0 Å². The molecule has 2 heterocycles. The zero-order valence-electron chi connectivity index (χ0n) is 14.3. The Morgan fingerprint density at radius 1 is 1.35 bits per heavy atom. The highest BCUT2D eigenvalue weighted by molar-refractivity contribution is 8.01. The minimum Gasteiger partial charge on any atom is -0.296 e. The maximum atomic E-state index is 12.2. The summed E-state index contributed by atoms with van der Waals surface area (Å²) >= 11 is 3.05. The van der Waals surface area contributed by atoms with Gasteiger partial charge in [-0.15, -0.1) is 11.3 Å². The maximum absolute atomic E-state index is 12.2. The molecule has 0 radical (unpaired) electrons. The van der Waals surface area contributed by atoms with Crippen LogP contribution in [0.5, 0.6) is 0 Å². The number of thiazole rings is 1. The van der Waals surface area contributed by atoms with Crippen molar-refractivity contribution in [2.75, 3.05) is 0 Å². The minimum absolute atomic E-state index is 0.194. The highest BCUT2D eigenvalue weighted by Crippen LogP contribution is 2.33. The van der Waals surface area contributed by atoms with Crippen LogP contribution < -0.4 is 10.0 Å². The van der Waals surface area contributed by atoms with Crippen LogP contribution in [0.1, 0.15) is 37.7 Å². The standard InChI is InChI=1S/C19H20N4OS2/c1-12(14-5-3-2-4-6-14)26-23-19-21-16(18(24)22-19)9-13-7-8-15-17(10-13)25-11-20-15/h7-11,14H,1-6H2,(H2,21,22,23,24)/b16-9-. The molecule has 134 valence electrons. The van der Waals surface area contributed by atoms with Gasteiger partial charge in [0, 0.05) is 4.91 Å². The first-order valence-electron chi connectivity index (χ1n) is 8.76. The van der Waals surface area contributed by atoms with Crippen LogP contribution in [0.2, 0.25) is 0 Å². The number of allylic oxidation sites excluding steroid dienone is 1. The molecule has 1 amide bonds. The van der Waals surface area contributed by atoms with Crippen molar-refractivity contribution in [1.82, 2.24) is 15.0 Å². The van der Waals surface area contributed by atoms with Crippen LogP contribution in [0.3, 0.4) is 0 Å². The molecular formula is C19H20N4OS2. The Balaban J connectivity index is 1.42. The lowest BCUT2D eigenvalue weighted by molar-refractivity contribution is -0.115. The minimum atomic E-state index is -0.194. The molecule has 1 aliphatic heterocycles. The molecule has 0 bridgehead atoms. The van der Waals surface area contributed by atoms with Gasteiger partial charge in [0.05, 0.1) is 15.7 Å². The predicted octanol–water partition coefficient (Wildman–Crippen LogP) is 4.45. The molecule has 1 saturated carbocycles. The smallest absolute Gasteiger partial charge is 0.276 e. The summed E-state index contributed by atoms with van der Waals surface area (Å²) in [6.45, 7) is 4.18. The Morgan fingerprint density at radius 2 is 2.19 bits per heavy atom. The molecule has 0 saturated heterocycles. The van der Waals surface area contributed by atoms with Gasteiger partial charge in [0.25, 0.3) is 5.91 Å². The first-order valence-corrected chi connectivity index (χ1v) is 10.5. The van der Waals surface area contributed by atoms with Gasteiger partial charge in [-0.05, 0) is 54.5 Å². The number of nitrogens with one attached hydrogen (secondary N) is 2. The number of hydrogen-bond donors (Lipinski definition) is 2. The Labute approximate surface area is 160 Å². The maximum Gasteiger partial charge on any atom is 0.276 e. The highest BCUT2D eigenvalue weighted by Gasteiger charge is 2.22. The van der Waals surface area contributed by atoms with Crippen LogP contribution in [0.15, 0.2) is 45.9 Å². The monoisotopic (exact) mass is 384 g/mol. The average molecular weight is 385 g/mol. The molecule has 1 aromatic carbocycles. The molecule has 2 aromatic rings. The number of fused-ring (bicyclic) bond motifs is 1. The van der Waals surface area contributed by atoms with Crippen molar-refractivity contribution in [2.24, 2.45) is 10.9 Å². The lowest BCUT2D eigenvalue weighted by Gasteiger charge is -2.23. The van der Waals surface area contributed by atoms with Gasteiger partial charge in [0.1, 0.15) is 5.70 Å². The van der Waals surface area contributed by atoms with Crippen LogP contribution in [0.25, 0.3) is 16.3 Å². The SMILES string of the molecule is C=C(SNC1=N/C(=C\c2ccc3ncsc3c2)C(=O)N1)C1CCCCC1. The molecule has 2 aliphatic rings. The van der Waals surface area contributed by atoms with Gasteiger partial charge in [0.2, 0.25) is 5.96 Å². The summed E-state index contributed by atoms with van der Waals surface area (Å²) < 4.78 is 4.23. The zero-order valence-corrected chi connectivity index (χ0v) is 16.0. The first-order chi connectivity index (χ1) is 12.7. The Morgan fingerprint density at radius 3 is 3.04 bits per heavy atom. The molecule has 0 spiro atoms. The Bertz CT molecular complexity index is 909. The summed E-state index contributed by atoms with van der Waals surface area (Å²) in [7, 11) is 0. The van der Waals surface area contributed by atoms with E-state index in [-0.39, 0.29) is 5.91 Å². The topological polar surface area (TPSA) is 66.4 Å². The third kappa shape index (κ3) is 3.83. The number of nitrogens with zero attached hydrogens (tertiary/aromatic N) is 2. The summed E-state index contributed by atoms with van der Waals surface area (Å²) in [4.78, 5) is 21.9. The van der Waals surface area contributed by atoms with Gasteiger partial charge in [-0.25, -0.2) is 9.98 Å². The summed E-state index contributed by atoms with van der Waals surface area (Å²) in [5.74, 6) is 0.836. The molecule has 4 rings (SSSR count). The van der Waals surface area contributed by atoms with Crippen LogP contribution in [0, 0.1) is 5.92 Å². The molecule has 0 unspecified atom stereocenters. The summed E-state index contributed by atoms with van der Waals surface area (Å²) in [5, 5.41) is 2.77. The largest absolute Gasteiger partial charge is 0.296 e. The molecular weight excluding hydrogens is 364 g/mol. The number of hydrogen-bond acceptors (Lipinski definition) is 6. The molecule has 7 heteroatoms. The number of amides is 1. The van der Waals surface area contributed by atoms with Crippen molar-refractivity contribution in [3.8, 4) is 0 Å².